The van der Waals surface area contributed by atoms with E-state index < -0.39 is 0 Å². The zero-order chi connectivity index (χ0) is 17.1. The van der Waals surface area contributed by atoms with Crippen molar-refractivity contribution in [2.75, 3.05) is 0 Å². The number of allylic oxidation sites excluding steroid dienone is 2. The number of hydrogen-bond donors (Lipinski definition) is 0. The van der Waals surface area contributed by atoms with Crippen molar-refractivity contribution in [3.05, 3.63) is 101 Å². The Morgan fingerprint density at radius 3 is 2.58 bits per heavy atom. The maximum atomic E-state index is 4.96. The normalized spacial score (nSPS) is 20.0. The molecule has 0 fully saturated rings. The van der Waals surface area contributed by atoms with Gasteiger partial charge in [0.05, 0.1) is 11.2 Å². The Balaban J connectivity index is 1.73. The van der Waals surface area contributed by atoms with E-state index in [1.54, 1.807) is 0 Å². The molecule has 2 aliphatic carbocycles. The first kappa shape index (κ1) is 14.0. The van der Waals surface area contributed by atoms with E-state index in [1.165, 1.54) is 32.8 Å². The van der Waals surface area contributed by atoms with Crippen LogP contribution in [0.1, 0.15) is 28.8 Å². The molecular weight excluding hydrogens is 314 g/mol. The lowest BCUT2D eigenvalue weighted by molar-refractivity contribution is 0.650. The third-order valence-corrected chi connectivity index (χ3v) is 5.91. The molecule has 1 atom stereocenters. The quantitative estimate of drug-likeness (QED) is 0.378. The summed E-state index contributed by atoms with van der Waals surface area (Å²) in [7, 11) is 0. The summed E-state index contributed by atoms with van der Waals surface area (Å²) >= 11 is 0. The number of hydrogen-bond acceptors (Lipinski definition) is 1. The van der Waals surface area contributed by atoms with Gasteiger partial charge in [-0.05, 0) is 52.1 Å². The third-order valence-electron chi connectivity index (χ3n) is 5.91. The van der Waals surface area contributed by atoms with Gasteiger partial charge < -0.3 is 0 Å². The minimum absolute atomic E-state index is 0.130. The average Bonchev–Trinajstić information content (AvgIpc) is 2.70. The van der Waals surface area contributed by atoms with E-state index in [1.807, 2.05) is 0 Å². The van der Waals surface area contributed by atoms with Crippen LogP contribution in [0.15, 0.2) is 78.9 Å². The van der Waals surface area contributed by atoms with Crippen LogP contribution in [0.25, 0.3) is 33.8 Å². The highest BCUT2D eigenvalue weighted by Gasteiger charge is 2.38. The smallest absolute Gasteiger partial charge is 0.0709 e. The molecule has 0 radical (unpaired) electrons. The van der Waals surface area contributed by atoms with Crippen molar-refractivity contribution in [1.82, 2.24) is 4.98 Å². The number of aromatic nitrogens is 1. The van der Waals surface area contributed by atoms with Gasteiger partial charge in [0, 0.05) is 10.8 Å². The molecule has 1 heterocycles. The summed E-state index contributed by atoms with van der Waals surface area (Å²) < 4.78 is 0. The second-order valence-corrected chi connectivity index (χ2v) is 7.28. The molecule has 0 saturated heterocycles. The Morgan fingerprint density at radius 2 is 1.62 bits per heavy atom. The van der Waals surface area contributed by atoms with Gasteiger partial charge in [-0.1, -0.05) is 72.8 Å². The van der Waals surface area contributed by atoms with E-state index in [2.05, 4.69) is 91.0 Å². The molecule has 1 heteroatoms. The second kappa shape index (κ2) is 4.92. The molecule has 1 nitrogen and oxygen atoms in total. The molecule has 1 spiro atoms. The van der Waals surface area contributed by atoms with Gasteiger partial charge in [0.2, 0.25) is 0 Å². The molecule has 6 rings (SSSR count). The van der Waals surface area contributed by atoms with E-state index >= 15 is 0 Å². The lowest BCUT2D eigenvalue weighted by atomic mass is 9.65. The number of benzene rings is 3. The van der Waals surface area contributed by atoms with Crippen LogP contribution in [0.4, 0.5) is 0 Å². The van der Waals surface area contributed by atoms with Crippen LogP contribution < -0.4 is 0 Å². The predicted molar refractivity (Wildman–Crippen MR) is 109 cm³/mol. The van der Waals surface area contributed by atoms with E-state index in [0.717, 1.165) is 17.6 Å². The summed E-state index contributed by atoms with van der Waals surface area (Å²) in [6.45, 7) is 0. The van der Waals surface area contributed by atoms with Gasteiger partial charge in [0.25, 0.3) is 0 Å². The fourth-order valence-corrected chi connectivity index (χ4v) is 4.70. The number of fused-ring (bicyclic) bond motifs is 4. The van der Waals surface area contributed by atoms with Crippen LogP contribution in [-0.4, -0.2) is 4.98 Å². The van der Waals surface area contributed by atoms with Crippen molar-refractivity contribution in [2.24, 2.45) is 0 Å². The van der Waals surface area contributed by atoms with Gasteiger partial charge in [0.15, 0.2) is 0 Å². The first-order valence-electron chi connectivity index (χ1n) is 9.13. The van der Waals surface area contributed by atoms with E-state index in [4.69, 9.17) is 4.98 Å². The van der Waals surface area contributed by atoms with E-state index in [-0.39, 0.29) is 5.41 Å². The molecule has 2 aliphatic rings. The highest BCUT2D eigenvalue weighted by molar-refractivity contribution is 5.98. The predicted octanol–water partition coefficient (Wildman–Crippen LogP) is 6.12. The number of pyridine rings is 1. The van der Waals surface area contributed by atoms with E-state index in [0.29, 0.717) is 0 Å². The van der Waals surface area contributed by atoms with Gasteiger partial charge >= 0.3 is 0 Å². The average molecular weight is 331 g/mol. The van der Waals surface area contributed by atoms with Gasteiger partial charge in [-0.2, -0.15) is 0 Å². The Kier molecular flexibility index (Phi) is 2.66. The summed E-state index contributed by atoms with van der Waals surface area (Å²) in [6, 6.07) is 24.0. The summed E-state index contributed by atoms with van der Waals surface area (Å²) in [6.07, 6.45) is 10.1. The van der Waals surface area contributed by atoms with Gasteiger partial charge in [-0.15, -0.1) is 0 Å². The van der Waals surface area contributed by atoms with Gasteiger partial charge in [-0.25, -0.2) is 4.98 Å². The van der Waals surface area contributed by atoms with Crippen molar-refractivity contribution in [1.29, 1.82) is 0 Å². The van der Waals surface area contributed by atoms with Crippen molar-refractivity contribution < 1.29 is 0 Å². The molecule has 1 aromatic heterocycles. The molecule has 1 unspecified atom stereocenters. The van der Waals surface area contributed by atoms with Crippen molar-refractivity contribution >= 4 is 33.8 Å². The molecule has 0 saturated carbocycles. The molecule has 0 aliphatic heterocycles. The Hall–Kier alpha value is -3.19. The van der Waals surface area contributed by atoms with Gasteiger partial charge in [-0.3, -0.25) is 0 Å². The maximum Gasteiger partial charge on any atom is 0.0709 e. The maximum absolute atomic E-state index is 4.96. The van der Waals surface area contributed by atoms with Crippen LogP contribution in [0.3, 0.4) is 0 Å². The van der Waals surface area contributed by atoms with Crippen LogP contribution in [0, 0.1) is 0 Å². The zero-order valence-electron chi connectivity index (χ0n) is 14.3. The minimum atomic E-state index is -0.130. The number of nitrogens with zero attached hydrogens (tertiary/aromatic N) is 1. The summed E-state index contributed by atoms with van der Waals surface area (Å²) in [5, 5.41) is 3.90. The van der Waals surface area contributed by atoms with Crippen molar-refractivity contribution in [3.63, 3.8) is 0 Å². The molecule has 122 valence electrons. The highest BCUT2D eigenvalue weighted by Crippen LogP contribution is 2.48. The topological polar surface area (TPSA) is 12.9 Å². The van der Waals surface area contributed by atoms with Crippen molar-refractivity contribution in [3.8, 4) is 0 Å². The fourth-order valence-electron chi connectivity index (χ4n) is 4.70. The minimum Gasteiger partial charge on any atom is -0.248 e. The Morgan fingerprint density at radius 1 is 0.769 bits per heavy atom. The largest absolute Gasteiger partial charge is 0.248 e. The van der Waals surface area contributed by atoms with Crippen LogP contribution in [-0.2, 0) is 5.41 Å². The first-order valence-corrected chi connectivity index (χ1v) is 9.13. The zero-order valence-corrected chi connectivity index (χ0v) is 14.3. The monoisotopic (exact) mass is 331 g/mol. The standard InChI is InChI=1S/C25H17N/c1-2-11-22-19(6-1)16-21-23(26-22)12-5-14-25(21)15-13-18-8-3-7-17-9-4-10-20(25)24(17)18/h1-13,15-16H,14H2. The first-order chi connectivity index (χ1) is 12.9. The SMILES string of the molecule is C1=Cc2nc3ccccc3cc2C2(C=Cc3cccc4cccc2c34)C1. The fraction of sp³-hybridized carbons (Fsp3) is 0.0800. The van der Waals surface area contributed by atoms with Crippen LogP contribution in [0.5, 0.6) is 0 Å². The molecular formula is C25H17N. The molecule has 3 aromatic carbocycles. The Labute approximate surface area is 152 Å². The summed E-state index contributed by atoms with van der Waals surface area (Å²) in [5.41, 5.74) is 6.05. The Bertz CT molecular complexity index is 1260. The van der Waals surface area contributed by atoms with Crippen LogP contribution in [0.2, 0.25) is 0 Å². The molecule has 0 bridgehead atoms. The number of para-hydroxylation sites is 1. The summed E-state index contributed by atoms with van der Waals surface area (Å²) in [4.78, 5) is 4.96. The van der Waals surface area contributed by atoms with Crippen LogP contribution >= 0.6 is 0 Å². The third kappa shape index (κ3) is 1.72. The molecule has 26 heavy (non-hydrogen) atoms. The van der Waals surface area contributed by atoms with Gasteiger partial charge in [0.1, 0.15) is 0 Å². The lowest BCUT2D eigenvalue weighted by Crippen LogP contribution is -2.29. The number of rotatable bonds is 0. The summed E-state index contributed by atoms with van der Waals surface area (Å²) in [5.74, 6) is 0. The van der Waals surface area contributed by atoms with Crippen molar-refractivity contribution in [2.45, 2.75) is 11.8 Å². The van der Waals surface area contributed by atoms with E-state index in [9.17, 15) is 0 Å². The molecule has 0 N–H and O–H groups in total. The second-order valence-electron chi connectivity index (χ2n) is 7.28. The lowest BCUT2D eigenvalue weighted by Gasteiger charge is -2.38. The molecule has 4 aromatic rings. The molecule has 0 amide bonds. The highest BCUT2D eigenvalue weighted by atomic mass is 14.7.